The Labute approximate surface area is 166 Å². The summed E-state index contributed by atoms with van der Waals surface area (Å²) in [6.07, 6.45) is -0.453. The van der Waals surface area contributed by atoms with Crippen LogP contribution in [-0.2, 0) is 9.47 Å². The second kappa shape index (κ2) is 9.52. The van der Waals surface area contributed by atoms with Gasteiger partial charge in [0.25, 0.3) is 0 Å². The first kappa shape index (κ1) is 20.1. The van der Waals surface area contributed by atoms with Gasteiger partial charge in [-0.1, -0.05) is 6.07 Å². The molecule has 154 valence electrons. The summed E-state index contributed by atoms with van der Waals surface area (Å²) in [7, 11) is 0. The van der Waals surface area contributed by atoms with Crippen LogP contribution in [0.5, 0.6) is 0 Å². The number of hydrogen-bond donors (Lipinski definition) is 0. The molecule has 2 saturated heterocycles. The van der Waals surface area contributed by atoms with E-state index in [1.54, 1.807) is 9.80 Å². The zero-order valence-corrected chi connectivity index (χ0v) is 16.8. The highest BCUT2D eigenvalue weighted by Crippen LogP contribution is 2.25. The van der Waals surface area contributed by atoms with Gasteiger partial charge in [0.15, 0.2) is 0 Å². The van der Waals surface area contributed by atoms with E-state index in [4.69, 9.17) is 9.47 Å². The van der Waals surface area contributed by atoms with Gasteiger partial charge in [-0.2, -0.15) is 0 Å². The van der Waals surface area contributed by atoms with E-state index in [1.807, 2.05) is 13.8 Å². The lowest BCUT2D eigenvalue weighted by Crippen LogP contribution is -2.49. The van der Waals surface area contributed by atoms with Gasteiger partial charge in [0.1, 0.15) is 0 Å². The Bertz CT molecular complexity index is 615. The van der Waals surface area contributed by atoms with Crippen molar-refractivity contribution in [3.05, 3.63) is 24.3 Å². The first-order chi connectivity index (χ1) is 13.6. The Morgan fingerprint density at radius 2 is 1.14 bits per heavy atom. The summed E-state index contributed by atoms with van der Waals surface area (Å²) < 4.78 is 10.2. The molecule has 0 aliphatic carbocycles. The molecule has 8 nitrogen and oxygen atoms in total. The van der Waals surface area contributed by atoms with Crippen LogP contribution in [0.15, 0.2) is 24.3 Å². The van der Waals surface area contributed by atoms with Crippen molar-refractivity contribution in [2.45, 2.75) is 13.8 Å². The summed E-state index contributed by atoms with van der Waals surface area (Å²) in [6.45, 7) is 10.3. The predicted molar refractivity (Wildman–Crippen MR) is 108 cm³/mol. The zero-order chi connectivity index (χ0) is 19.9. The molecule has 0 spiro atoms. The third-order valence-corrected chi connectivity index (χ3v) is 5.17. The van der Waals surface area contributed by atoms with E-state index < -0.39 is 0 Å². The molecule has 2 aliphatic rings. The monoisotopic (exact) mass is 390 g/mol. The Hall–Kier alpha value is -2.64. The smallest absolute Gasteiger partial charge is 0.409 e. The van der Waals surface area contributed by atoms with Crippen molar-refractivity contribution in [3.8, 4) is 0 Å². The van der Waals surface area contributed by atoms with Crippen LogP contribution >= 0.6 is 0 Å². The maximum atomic E-state index is 11.9. The Kier molecular flexibility index (Phi) is 6.84. The summed E-state index contributed by atoms with van der Waals surface area (Å²) in [5, 5.41) is 0. The summed E-state index contributed by atoms with van der Waals surface area (Å²) in [6, 6.07) is 8.48. The largest absolute Gasteiger partial charge is 0.450 e. The first-order valence-electron chi connectivity index (χ1n) is 10.1. The van der Waals surface area contributed by atoms with Crippen molar-refractivity contribution in [2.75, 3.05) is 75.4 Å². The summed E-state index contributed by atoms with van der Waals surface area (Å²) in [5.74, 6) is 0. The van der Waals surface area contributed by atoms with Crippen molar-refractivity contribution in [1.29, 1.82) is 0 Å². The van der Waals surface area contributed by atoms with Crippen LogP contribution in [0.3, 0.4) is 0 Å². The topological polar surface area (TPSA) is 65.6 Å². The van der Waals surface area contributed by atoms with E-state index in [0.717, 1.165) is 37.6 Å². The molecule has 0 saturated carbocycles. The zero-order valence-electron chi connectivity index (χ0n) is 16.8. The predicted octanol–water partition coefficient (Wildman–Crippen LogP) is 2.24. The van der Waals surface area contributed by atoms with Crippen LogP contribution in [0.1, 0.15) is 13.8 Å². The van der Waals surface area contributed by atoms with Crippen LogP contribution in [-0.4, -0.2) is 87.6 Å². The van der Waals surface area contributed by atoms with Crippen LogP contribution in [0.25, 0.3) is 0 Å². The van der Waals surface area contributed by atoms with Crippen molar-refractivity contribution in [3.63, 3.8) is 0 Å². The Balaban J connectivity index is 1.55. The minimum absolute atomic E-state index is 0.227. The lowest BCUT2D eigenvalue weighted by molar-refractivity contribution is 0.104. The van der Waals surface area contributed by atoms with Gasteiger partial charge in [-0.3, -0.25) is 0 Å². The molecule has 0 unspecified atom stereocenters. The molecule has 28 heavy (non-hydrogen) atoms. The number of carbonyl (C=O) groups excluding carboxylic acids is 2. The van der Waals surface area contributed by atoms with E-state index >= 15 is 0 Å². The van der Waals surface area contributed by atoms with Crippen molar-refractivity contribution >= 4 is 23.6 Å². The van der Waals surface area contributed by atoms with Gasteiger partial charge in [0.2, 0.25) is 0 Å². The molecule has 8 heteroatoms. The number of benzene rings is 1. The van der Waals surface area contributed by atoms with E-state index in [2.05, 4.69) is 34.1 Å². The van der Waals surface area contributed by atoms with Crippen LogP contribution in [0.4, 0.5) is 21.0 Å². The molecule has 2 fully saturated rings. The van der Waals surface area contributed by atoms with E-state index in [0.29, 0.717) is 39.4 Å². The number of hydrogen-bond acceptors (Lipinski definition) is 6. The summed E-state index contributed by atoms with van der Waals surface area (Å²) in [5.41, 5.74) is 2.32. The fourth-order valence-electron chi connectivity index (χ4n) is 3.61. The van der Waals surface area contributed by atoms with Crippen molar-refractivity contribution in [2.24, 2.45) is 0 Å². The summed E-state index contributed by atoms with van der Waals surface area (Å²) >= 11 is 0. The highest BCUT2D eigenvalue weighted by molar-refractivity contribution is 5.69. The molecular weight excluding hydrogens is 360 g/mol. The van der Waals surface area contributed by atoms with Crippen LogP contribution < -0.4 is 9.80 Å². The third-order valence-electron chi connectivity index (χ3n) is 5.17. The molecule has 2 amide bonds. The van der Waals surface area contributed by atoms with Gasteiger partial charge < -0.3 is 29.1 Å². The second-order valence-electron chi connectivity index (χ2n) is 6.87. The minimum Gasteiger partial charge on any atom is -0.450 e. The van der Waals surface area contributed by atoms with E-state index in [1.165, 1.54) is 0 Å². The average Bonchev–Trinajstić information content (AvgIpc) is 2.74. The molecule has 0 radical (unpaired) electrons. The minimum atomic E-state index is -0.227. The first-order valence-corrected chi connectivity index (χ1v) is 10.1. The molecule has 2 heterocycles. The molecular formula is C20H30N4O4. The molecule has 2 aliphatic heterocycles. The summed E-state index contributed by atoms with van der Waals surface area (Å²) in [4.78, 5) is 31.8. The van der Waals surface area contributed by atoms with Crippen molar-refractivity contribution < 1.29 is 19.1 Å². The number of nitrogens with zero attached hydrogens (tertiary/aromatic N) is 4. The highest BCUT2D eigenvalue weighted by atomic mass is 16.6. The van der Waals surface area contributed by atoms with Crippen molar-refractivity contribution in [1.82, 2.24) is 9.80 Å². The Morgan fingerprint density at radius 1 is 0.750 bits per heavy atom. The SMILES string of the molecule is CCOC(=O)N1CCN(c2cccc(N3CCN(C(=O)OCC)CC3)c2)CC1. The number of rotatable bonds is 4. The van der Waals surface area contributed by atoms with Gasteiger partial charge in [-0.25, -0.2) is 9.59 Å². The Morgan fingerprint density at radius 3 is 1.50 bits per heavy atom. The average molecular weight is 390 g/mol. The van der Waals surface area contributed by atoms with E-state index in [-0.39, 0.29) is 12.2 Å². The van der Waals surface area contributed by atoms with Gasteiger partial charge >= 0.3 is 12.2 Å². The quantitative estimate of drug-likeness (QED) is 0.786. The fraction of sp³-hybridized carbons (Fsp3) is 0.600. The van der Waals surface area contributed by atoms with Crippen LogP contribution in [0.2, 0.25) is 0 Å². The number of amides is 2. The van der Waals surface area contributed by atoms with E-state index in [9.17, 15) is 9.59 Å². The standard InChI is InChI=1S/C20H30N4O4/c1-3-27-19(25)23-12-8-21(9-13-23)17-6-5-7-18(16-17)22-10-14-24(15-11-22)20(26)28-4-2/h5-7,16H,3-4,8-15H2,1-2H3. The number of anilines is 2. The third kappa shape index (κ3) is 4.79. The molecule has 1 aromatic carbocycles. The maximum Gasteiger partial charge on any atom is 0.409 e. The van der Waals surface area contributed by atoms with Gasteiger partial charge in [0, 0.05) is 63.7 Å². The molecule has 0 atom stereocenters. The van der Waals surface area contributed by atoms with Gasteiger partial charge in [0.05, 0.1) is 13.2 Å². The lowest BCUT2D eigenvalue weighted by Gasteiger charge is -2.37. The normalized spacial score (nSPS) is 17.5. The molecule has 3 rings (SSSR count). The van der Waals surface area contributed by atoms with Gasteiger partial charge in [-0.15, -0.1) is 0 Å². The number of carbonyl (C=O) groups is 2. The number of ether oxygens (including phenoxy) is 2. The maximum absolute atomic E-state index is 11.9. The molecule has 0 bridgehead atoms. The molecule has 0 N–H and O–H groups in total. The molecule has 1 aromatic rings. The lowest BCUT2D eigenvalue weighted by atomic mass is 10.2. The highest BCUT2D eigenvalue weighted by Gasteiger charge is 2.24. The van der Waals surface area contributed by atoms with Crippen LogP contribution in [0, 0.1) is 0 Å². The number of piperazine rings is 2. The second-order valence-corrected chi connectivity index (χ2v) is 6.87. The molecule has 0 aromatic heterocycles. The fourth-order valence-corrected chi connectivity index (χ4v) is 3.61. The van der Waals surface area contributed by atoms with Gasteiger partial charge in [-0.05, 0) is 32.0 Å².